The van der Waals surface area contributed by atoms with Gasteiger partial charge in [-0.2, -0.15) is 0 Å². The lowest BCUT2D eigenvalue weighted by atomic mass is 10.2. The Labute approximate surface area is 69.5 Å². The molecule has 54 valence electrons. The molecule has 0 aliphatic rings. The number of carbonyl (C=O) groups is 1. The fraction of sp³-hybridized carbons (Fsp3) is 0.833. The molecule has 9 heavy (non-hydrogen) atoms. The average Bonchev–Trinajstić information content (AvgIpc) is 1.63. The van der Waals surface area contributed by atoms with E-state index in [1.807, 2.05) is 20.8 Å². The van der Waals surface area contributed by atoms with Crippen LogP contribution in [0.1, 0.15) is 20.8 Å². The van der Waals surface area contributed by atoms with Gasteiger partial charge >= 0.3 is 0 Å². The number of rotatable bonds is 2. The van der Waals surface area contributed by atoms with Crippen molar-refractivity contribution >= 4 is 28.5 Å². The van der Waals surface area contributed by atoms with Gasteiger partial charge in [0.1, 0.15) is 0 Å². The molecule has 0 radical (unpaired) electrons. The third-order valence-electron chi connectivity index (χ3n) is 0.866. The van der Waals surface area contributed by atoms with Crippen LogP contribution in [0.3, 0.4) is 0 Å². The van der Waals surface area contributed by atoms with Crippen molar-refractivity contribution in [2.24, 2.45) is 5.92 Å². The van der Waals surface area contributed by atoms with Gasteiger partial charge in [0.15, 0.2) is 0 Å². The lowest BCUT2D eigenvalue weighted by Gasteiger charge is -2.08. The van der Waals surface area contributed by atoms with Crippen LogP contribution in [0.15, 0.2) is 0 Å². The molecule has 1 N–H and O–H groups in total. The smallest absolute Gasteiger partial charge is 0.223 e. The Morgan fingerprint density at radius 2 is 1.89 bits per heavy atom. The predicted molar refractivity (Wildman–Crippen MR) is 46.5 cm³/mol. The molecule has 0 aromatic carbocycles. The molecule has 0 rings (SSSR count). The fourth-order valence-electron chi connectivity index (χ4n) is 0.363. The normalized spacial score (nSPS) is 13.4. The van der Waals surface area contributed by atoms with E-state index in [4.69, 9.17) is 0 Å². The van der Waals surface area contributed by atoms with E-state index in [1.54, 1.807) is 0 Å². The lowest BCUT2D eigenvalue weighted by Crippen LogP contribution is -2.31. The molecule has 0 spiro atoms. The molecule has 2 nitrogen and oxygen atoms in total. The van der Waals surface area contributed by atoms with Crippen molar-refractivity contribution in [3.63, 3.8) is 0 Å². The highest BCUT2D eigenvalue weighted by Crippen LogP contribution is 1.96. The van der Waals surface area contributed by atoms with Crippen LogP contribution in [0.2, 0.25) is 0 Å². The monoisotopic (exact) mass is 241 g/mol. The van der Waals surface area contributed by atoms with Gasteiger partial charge in [0.05, 0.1) is 4.05 Å². The van der Waals surface area contributed by atoms with Crippen molar-refractivity contribution in [3.8, 4) is 0 Å². The second kappa shape index (κ2) is 4.09. The minimum Gasteiger partial charge on any atom is -0.345 e. The van der Waals surface area contributed by atoms with Crippen LogP contribution in [0.5, 0.6) is 0 Å². The molecule has 0 aliphatic heterocycles. The van der Waals surface area contributed by atoms with Crippen molar-refractivity contribution in [1.29, 1.82) is 0 Å². The number of hydrogen-bond acceptors (Lipinski definition) is 1. The number of carbonyl (C=O) groups excluding carboxylic acids is 1. The van der Waals surface area contributed by atoms with E-state index in [0.717, 1.165) is 0 Å². The van der Waals surface area contributed by atoms with E-state index in [9.17, 15) is 4.79 Å². The molecule has 0 aromatic rings. The van der Waals surface area contributed by atoms with E-state index < -0.39 is 0 Å². The lowest BCUT2D eigenvalue weighted by molar-refractivity contribution is -0.123. The third kappa shape index (κ3) is 4.69. The first-order valence-electron chi connectivity index (χ1n) is 2.98. The summed E-state index contributed by atoms with van der Waals surface area (Å²) in [5, 5.41) is 2.79. The Hall–Kier alpha value is 0.200. The highest BCUT2D eigenvalue weighted by Gasteiger charge is 2.06. The second-order valence-electron chi connectivity index (χ2n) is 2.28. The van der Waals surface area contributed by atoms with Gasteiger partial charge in [0.2, 0.25) is 5.91 Å². The minimum atomic E-state index is 0.0993. The summed E-state index contributed by atoms with van der Waals surface area (Å²) in [6, 6.07) is 0. The molecule has 1 amide bonds. The van der Waals surface area contributed by atoms with Crippen molar-refractivity contribution in [2.75, 3.05) is 0 Å². The second-order valence-corrected chi connectivity index (χ2v) is 4.15. The van der Waals surface area contributed by atoms with Crippen molar-refractivity contribution in [1.82, 2.24) is 5.32 Å². The van der Waals surface area contributed by atoms with Crippen molar-refractivity contribution < 1.29 is 4.79 Å². The number of alkyl halides is 1. The number of halogens is 1. The maximum atomic E-state index is 10.8. The minimum absolute atomic E-state index is 0.0993. The highest BCUT2D eigenvalue weighted by molar-refractivity contribution is 14.1. The Kier molecular flexibility index (Phi) is 4.18. The van der Waals surface area contributed by atoms with Crippen molar-refractivity contribution in [2.45, 2.75) is 24.8 Å². The maximum absolute atomic E-state index is 10.8. The Bertz CT molecular complexity index is 101. The zero-order valence-corrected chi connectivity index (χ0v) is 8.10. The van der Waals surface area contributed by atoms with Gasteiger partial charge in [-0.05, 0) is 6.92 Å². The van der Waals surface area contributed by atoms with Gasteiger partial charge in [-0.15, -0.1) is 0 Å². The average molecular weight is 241 g/mol. The van der Waals surface area contributed by atoms with Gasteiger partial charge in [-0.25, -0.2) is 0 Å². The predicted octanol–water partition coefficient (Wildman–Crippen LogP) is 1.54. The van der Waals surface area contributed by atoms with Crippen molar-refractivity contribution in [3.05, 3.63) is 0 Å². The Morgan fingerprint density at radius 3 is 2.00 bits per heavy atom. The topological polar surface area (TPSA) is 29.1 Å². The van der Waals surface area contributed by atoms with E-state index in [-0.39, 0.29) is 15.9 Å². The zero-order chi connectivity index (χ0) is 7.44. The SMILES string of the molecule is CC(I)NC(=O)C(C)C. The third-order valence-corrected chi connectivity index (χ3v) is 1.18. The van der Waals surface area contributed by atoms with Gasteiger partial charge in [-0.1, -0.05) is 36.4 Å². The highest BCUT2D eigenvalue weighted by atomic mass is 127. The molecule has 1 unspecified atom stereocenters. The summed E-state index contributed by atoms with van der Waals surface area (Å²) in [6.45, 7) is 5.71. The summed E-state index contributed by atoms with van der Waals surface area (Å²) in [7, 11) is 0. The summed E-state index contributed by atoms with van der Waals surface area (Å²) in [6.07, 6.45) is 0. The van der Waals surface area contributed by atoms with Gasteiger partial charge in [-0.3, -0.25) is 4.79 Å². The van der Waals surface area contributed by atoms with E-state index >= 15 is 0 Å². The molecular weight excluding hydrogens is 229 g/mol. The van der Waals surface area contributed by atoms with Gasteiger partial charge in [0, 0.05) is 5.92 Å². The van der Waals surface area contributed by atoms with E-state index in [2.05, 4.69) is 27.9 Å². The standard InChI is InChI=1S/C6H12INO/c1-4(2)6(9)8-5(3)7/h4-5H,1-3H3,(H,8,9). The molecule has 0 saturated carbocycles. The molecule has 0 aliphatic carbocycles. The quantitative estimate of drug-likeness (QED) is 0.443. The van der Waals surface area contributed by atoms with Crippen LogP contribution in [0, 0.1) is 5.92 Å². The van der Waals surface area contributed by atoms with Crippen LogP contribution < -0.4 is 5.32 Å². The van der Waals surface area contributed by atoms with Crippen LogP contribution in [0.25, 0.3) is 0 Å². The number of hydrogen-bond donors (Lipinski definition) is 1. The molecule has 0 aromatic heterocycles. The Balaban J connectivity index is 3.51. The summed E-state index contributed by atoms with van der Waals surface area (Å²) < 4.78 is 0.234. The first-order chi connectivity index (χ1) is 4.04. The van der Waals surface area contributed by atoms with Gasteiger partial charge in [0.25, 0.3) is 0 Å². The molecule has 0 fully saturated rings. The van der Waals surface area contributed by atoms with E-state index in [1.165, 1.54) is 0 Å². The Morgan fingerprint density at radius 1 is 1.44 bits per heavy atom. The largest absolute Gasteiger partial charge is 0.345 e. The molecule has 0 saturated heterocycles. The summed E-state index contributed by atoms with van der Waals surface area (Å²) in [5.41, 5.74) is 0. The summed E-state index contributed by atoms with van der Waals surface area (Å²) in [4.78, 5) is 10.8. The number of nitrogens with one attached hydrogen (secondary N) is 1. The molecular formula is C6H12INO. The molecule has 0 bridgehead atoms. The molecule has 1 atom stereocenters. The molecule has 0 heterocycles. The zero-order valence-electron chi connectivity index (χ0n) is 5.94. The maximum Gasteiger partial charge on any atom is 0.223 e. The van der Waals surface area contributed by atoms with Crippen LogP contribution in [0.4, 0.5) is 0 Å². The first-order valence-corrected chi connectivity index (χ1v) is 4.23. The van der Waals surface area contributed by atoms with Crippen LogP contribution >= 0.6 is 22.6 Å². The first kappa shape index (κ1) is 9.20. The summed E-state index contributed by atoms with van der Waals surface area (Å²) in [5.74, 6) is 0.221. The van der Waals surface area contributed by atoms with E-state index in [0.29, 0.717) is 0 Å². The van der Waals surface area contributed by atoms with Crippen LogP contribution in [-0.2, 0) is 4.79 Å². The number of amides is 1. The molecule has 3 heteroatoms. The summed E-state index contributed by atoms with van der Waals surface area (Å²) >= 11 is 2.16. The fourth-order valence-corrected chi connectivity index (χ4v) is 0.670. The van der Waals surface area contributed by atoms with Gasteiger partial charge < -0.3 is 5.32 Å². The van der Waals surface area contributed by atoms with Crippen LogP contribution in [-0.4, -0.2) is 9.96 Å².